The van der Waals surface area contributed by atoms with Gasteiger partial charge in [-0.15, -0.1) is 0 Å². The smallest absolute Gasteiger partial charge is 0.265 e. The molecule has 0 bridgehead atoms. The minimum Gasteiger partial charge on any atom is -0.403 e. The van der Waals surface area contributed by atoms with Crippen LogP contribution in [0.5, 0.6) is 0 Å². The minimum atomic E-state index is -3.44. The van der Waals surface area contributed by atoms with Crippen molar-refractivity contribution in [3.63, 3.8) is 0 Å². The van der Waals surface area contributed by atoms with Gasteiger partial charge in [0.15, 0.2) is 8.32 Å². The Morgan fingerprint density at radius 2 is 1.77 bits per heavy atom. The van der Waals surface area contributed by atoms with Gasteiger partial charge in [-0.2, -0.15) is 8.42 Å². The molecule has 0 aromatic rings. The highest BCUT2D eigenvalue weighted by molar-refractivity contribution is 7.86. The molecule has 0 aromatic carbocycles. The van der Waals surface area contributed by atoms with Crippen LogP contribution >= 0.6 is 0 Å². The van der Waals surface area contributed by atoms with Crippen molar-refractivity contribution in [3.05, 3.63) is 0 Å². The van der Waals surface area contributed by atoms with E-state index in [1.54, 1.807) is 0 Å². The molecule has 0 aliphatic rings. The number of unbranched alkanes of at least 4 members (excludes halogenated alkanes) is 2. The highest BCUT2D eigenvalue weighted by Crippen LogP contribution is 2.37. The number of rotatable bonds is 8. The zero-order chi connectivity index (χ0) is 17.4. The first-order chi connectivity index (χ1) is 9.89. The molecule has 1 atom stereocenters. The van der Waals surface area contributed by atoms with Crippen LogP contribution in [-0.2, 0) is 18.7 Å². The van der Waals surface area contributed by atoms with Crippen LogP contribution in [0.15, 0.2) is 0 Å². The first-order valence-electron chi connectivity index (χ1n) is 7.89. The number of hydrogen-bond donors (Lipinski definition) is 0. The molecule has 0 aliphatic heterocycles. The third kappa shape index (κ3) is 9.62. The van der Waals surface area contributed by atoms with Crippen LogP contribution in [0.4, 0.5) is 0 Å². The Morgan fingerprint density at radius 3 is 2.23 bits per heavy atom. The van der Waals surface area contributed by atoms with Gasteiger partial charge in [-0.25, -0.2) is 0 Å². The van der Waals surface area contributed by atoms with Gasteiger partial charge >= 0.3 is 0 Å². The molecule has 0 saturated carbocycles. The molecule has 0 aromatic heterocycles. The topological polar surface area (TPSA) is 52.6 Å². The molecule has 22 heavy (non-hydrogen) atoms. The van der Waals surface area contributed by atoms with E-state index in [4.69, 9.17) is 4.43 Å². The van der Waals surface area contributed by atoms with E-state index in [-0.39, 0.29) is 17.7 Å². The van der Waals surface area contributed by atoms with Gasteiger partial charge in [-0.3, -0.25) is 4.18 Å². The third-order valence-electron chi connectivity index (χ3n) is 3.92. The zero-order valence-corrected chi connectivity index (χ0v) is 17.0. The molecule has 0 heterocycles. The molecule has 130 valence electrons. The van der Waals surface area contributed by atoms with Crippen molar-refractivity contribution >= 4 is 18.4 Å². The Balaban J connectivity index is 4.80. The lowest BCUT2D eigenvalue weighted by atomic mass is 10.1. The summed E-state index contributed by atoms with van der Waals surface area (Å²) in [5.41, 5.74) is 0. The number of hydrogen-bond acceptors (Lipinski definition) is 4. The normalized spacial score (nSPS) is 14.3. The second kappa shape index (κ2) is 9.07. The molecule has 0 amide bonds. The van der Waals surface area contributed by atoms with Gasteiger partial charge < -0.3 is 4.43 Å². The zero-order valence-electron chi connectivity index (χ0n) is 15.2. The Morgan fingerprint density at radius 1 is 1.18 bits per heavy atom. The summed E-state index contributed by atoms with van der Waals surface area (Å²) in [5.74, 6) is 5.84. The van der Waals surface area contributed by atoms with Crippen molar-refractivity contribution in [3.8, 4) is 11.8 Å². The fourth-order valence-electron chi connectivity index (χ4n) is 1.56. The van der Waals surface area contributed by atoms with Gasteiger partial charge in [-0.05, 0) is 31.0 Å². The Bertz CT molecular complexity index is 481. The standard InChI is InChI=1S/C16H32O4SSi/c1-8-9-10-12-15(13-11-14-19-21(5,17)18)20-22(6,7)16(2,3)4/h15H,8-10,12,14H2,1-7H3. The predicted octanol–water partition coefficient (Wildman–Crippen LogP) is 3.94. The van der Waals surface area contributed by atoms with Gasteiger partial charge in [0.25, 0.3) is 10.1 Å². The van der Waals surface area contributed by atoms with Gasteiger partial charge in [0.2, 0.25) is 0 Å². The van der Waals surface area contributed by atoms with E-state index in [1.165, 1.54) is 0 Å². The third-order valence-corrected chi connectivity index (χ3v) is 8.95. The van der Waals surface area contributed by atoms with Crippen LogP contribution in [0.2, 0.25) is 18.1 Å². The van der Waals surface area contributed by atoms with Gasteiger partial charge in [0.05, 0.1) is 6.26 Å². The average molecular weight is 349 g/mol. The maximum atomic E-state index is 10.9. The van der Waals surface area contributed by atoms with Crippen LogP contribution in [-0.4, -0.2) is 35.7 Å². The fourth-order valence-corrected chi connectivity index (χ4v) is 3.08. The molecule has 1 unspecified atom stereocenters. The lowest BCUT2D eigenvalue weighted by Gasteiger charge is -2.38. The van der Waals surface area contributed by atoms with Gasteiger partial charge in [-0.1, -0.05) is 52.4 Å². The highest BCUT2D eigenvalue weighted by Gasteiger charge is 2.38. The quantitative estimate of drug-likeness (QED) is 0.288. The molecule has 0 spiro atoms. The first-order valence-corrected chi connectivity index (χ1v) is 12.6. The summed E-state index contributed by atoms with van der Waals surface area (Å²) in [6.45, 7) is 13.1. The van der Waals surface area contributed by atoms with E-state index in [9.17, 15) is 8.42 Å². The lowest BCUT2D eigenvalue weighted by Crippen LogP contribution is -2.43. The van der Waals surface area contributed by atoms with Crippen LogP contribution in [0.1, 0.15) is 53.4 Å². The van der Waals surface area contributed by atoms with Crippen LogP contribution in [0.3, 0.4) is 0 Å². The molecule has 0 saturated heterocycles. The maximum absolute atomic E-state index is 10.9. The maximum Gasteiger partial charge on any atom is 0.265 e. The van der Waals surface area contributed by atoms with Crippen molar-refractivity contribution in [2.24, 2.45) is 0 Å². The van der Waals surface area contributed by atoms with Crippen molar-refractivity contribution in [1.82, 2.24) is 0 Å². The Labute approximate surface area is 138 Å². The first kappa shape index (κ1) is 21.6. The van der Waals surface area contributed by atoms with Crippen molar-refractivity contribution in [2.45, 2.75) is 77.6 Å². The van der Waals surface area contributed by atoms with E-state index in [0.717, 1.165) is 31.9 Å². The minimum absolute atomic E-state index is 0.107. The van der Waals surface area contributed by atoms with Crippen LogP contribution in [0.25, 0.3) is 0 Å². The average Bonchev–Trinajstić information content (AvgIpc) is 2.31. The van der Waals surface area contributed by atoms with E-state index in [0.29, 0.717) is 0 Å². The van der Waals surface area contributed by atoms with Gasteiger partial charge in [0.1, 0.15) is 12.7 Å². The summed E-state index contributed by atoms with van der Waals surface area (Å²) in [4.78, 5) is 0. The summed E-state index contributed by atoms with van der Waals surface area (Å²) >= 11 is 0. The second-order valence-corrected chi connectivity index (χ2v) is 13.6. The predicted molar refractivity (Wildman–Crippen MR) is 94.8 cm³/mol. The van der Waals surface area contributed by atoms with Crippen LogP contribution < -0.4 is 0 Å². The summed E-state index contributed by atoms with van der Waals surface area (Å²) in [6, 6.07) is 0. The molecule has 0 radical (unpaired) electrons. The van der Waals surface area contributed by atoms with Gasteiger partial charge in [0, 0.05) is 0 Å². The van der Waals surface area contributed by atoms with E-state index >= 15 is 0 Å². The van der Waals surface area contributed by atoms with E-state index in [2.05, 4.69) is 56.8 Å². The van der Waals surface area contributed by atoms with Crippen molar-refractivity contribution in [1.29, 1.82) is 0 Å². The van der Waals surface area contributed by atoms with Crippen molar-refractivity contribution < 1.29 is 17.0 Å². The Hall–Kier alpha value is -0.353. The lowest BCUT2D eigenvalue weighted by molar-refractivity contribution is 0.219. The summed E-state index contributed by atoms with van der Waals surface area (Å²) in [5, 5.41) is 0.126. The Kier molecular flexibility index (Phi) is 8.92. The van der Waals surface area contributed by atoms with Crippen LogP contribution in [0, 0.1) is 11.8 Å². The summed E-state index contributed by atoms with van der Waals surface area (Å²) < 4.78 is 32.9. The molecule has 0 aliphatic carbocycles. The largest absolute Gasteiger partial charge is 0.403 e. The SMILES string of the molecule is CCCCCC(C#CCOS(C)(=O)=O)O[Si](C)(C)C(C)(C)C. The van der Waals surface area contributed by atoms with E-state index in [1.807, 2.05) is 0 Å². The fraction of sp³-hybridized carbons (Fsp3) is 0.875. The molecule has 0 rings (SSSR count). The molecule has 6 heteroatoms. The molecular weight excluding hydrogens is 316 g/mol. The molecule has 0 fully saturated rings. The molecular formula is C16H32O4SSi. The summed E-state index contributed by atoms with van der Waals surface area (Å²) in [7, 11) is -5.32. The highest BCUT2D eigenvalue weighted by atomic mass is 32.2. The van der Waals surface area contributed by atoms with Crippen molar-refractivity contribution in [2.75, 3.05) is 12.9 Å². The molecule has 0 N–H and O–H groups in total. The monoisotopic (exact) mass is 348 g/mol. The second-order valence-electron chi connectivity index (χ2n) is 7.15. The van der Waals surface area contributed by atoms with E-state index < -0.39 is 18.4 Å². The molecule has 4 nitrogen and oxygen atoms in total. The summed E-state index contributed by atoms with van der Waals surface area (Å²) in [6.07, 6.45) is 5.13.